The number of para-hydroxylation sites is 1. The molecular formula is C20H25N5O2. The number of fused-ring (bicyclic) bond motifs is 1. The van der Waals surface area contributed by atoms with Gasteiger partial charge in [0.1, 0.15) is 5.82 Å². The molecule has 1 N–H and O–H groups in total. The number of aryl methyl sites for hydroxylation is 1. The molecule has 142 valence electrons. The Hall–Kier alpha value is -2.51. The molecule has 3 heterocycles. The Morgan fingerprint density at radius 2 is 2.07 bits per heavy atom. The summed E-state index contributed by atoms with van der Waals surface area (Å²) in [6.07, 6.45) is 4.78. The molecule has 0 bridgehead atoms. The molecule has 1 atom stereocenters. The molecule has 1 unspecified atom stereocenters. The second-order valence-corrected chi connectivity index (χ2v) is 7.06. The maximum atomic E-state index is 13.0. The molecule has 0 radical (unpaired) electrons. The van der Waals surface area contributed by atoms with Crippen molar-refractivity contribution in [3.8, 4) is 0 Å². The van der Waals surface area contributed by atoms with Crippen molar-refractivity contribution in [3.63, 3.8) is 0 Å². The molecule has 2 aromatic heterocycles. The molecule has 0 aliphatic carbocycles. The van der Waals surface area contributed by atoms with Gasteiger partial charge in [-0.2, -0.15) is 5.10 Å². The van der Waals surface area contributed by atoms with E-state index in [0.717, 1.165) is 43.7 Å². The third-order valence-electron chi connectivity index (χ3n) is 5.45. The predicted molar refractivity (Wildman–Crippen MR) is 104 cm³/mol. The van der Waals surface area contributed by atoms with E-state index in [1.165, 1.54) is 5.69 Å². The van der Waals surface area contributed by atoms with Crippen LogP contribution in [0.2, 0.25) is 0 Å². The molecule has 7 nitrogen and oxygen atoms in total. The van der Waals surface area contributed by atoms with E-state index in [9.17, 15) is 9.90 Å². The van der Waals surface area contributed by atoms with Crippen LogP contribution in [-0.2, 0) is 20.0 Å². The van der Waals surface area contributed by atoms with Crippen LogP contribution in [0.3, 0.4) is 0 Å². The second-order valence-electron chi connectivity index (χ2n) is 7.06. The Balaban J connectivity index is 1.68. The number of benzene rings is 1. The van der Waals surface area contributed by atoms with Gasteiger partial charge in [0, 0.05) is 31.9 Å². The van der Waals surface area contributed by atoms with Gasteiger partial charge in [-0.05, 0) is 37.6 Å². The van der Waals surface area contributed by atoms with E-state index in [4.69, 9.17) is 4.98 Å². The Morgan fingerprint density at radius 3 is 2.85 bits per heavy atom. The fourth-order valence-corrected chi connectivity index (χ4v) is 4.05. The van der Waals surface area contributed by atoms with E-state index in [1.54, 1.807) is 10.6 Å². The van der Waals surface area contributed by atoms with Gasteiger partial charge in [-0.15, -0.1) is 0 Å². The summed E-state index contributed by atoms with van der Waals surface area (Å²) in [4.78, 5) is 20.2. The van der Waals surface area contributed by atoms with Crippen LogP contribution >= 0.6 is 0 Å². The van der Waals surface area contributed by atoms with Crippen molar-refractivity contribution >= 4 is 10.9 Å². The highest BCUT2D eigenvalue weighted by Gasteiger charge is 2.30. The van der Waals surface area contributed by atoms with E-state index in [1.807, 2.05) is 42.2 Å². The molecular weight excluding hydrogens is 342 g/mol. The number of aromatic nitrogens is 4. The lowest BCUT2D eigenvalue weighted by atomic mass is 10.1. The highest BCUT2D eigenvalue weighted by molar-refractivity contribution is 5.77. The summed E-state index contributed by atoms with van der Waals surface area (Å²) in [5.74, 6) is 0.773. The fraction of sp³-hybridized carbons (Fsp3) is 0.450. The lowest BCUT2D eigenvalue weighted by Gasteiger charge is -2.26. The second kappa shape index (κ2) is 7.62. The first kappa shape index (κ1) is 17.9. The van der Waals surface area contributed by atoms with Crippen molar-refractivity contribution in [1.29, 1.82) is 0 Å². The highest BCUT2D eigenvalue weighted by atomic mass is 16.3. The smallest absolute Gasteiger partial charge is 0.261 e. The summed E-state index contributed by atoms with van der Waals surface area (Å²) in [6.45, 7) is 2.09. The summed E-state index contributed by atoms with van der Waals surface area (Å²) in [7, 11) is 1.96. The van der Waals surface area contributed by atoms with E-state index >= 15 is 0 Å². The number of nitrogens with zero attached hydrogens (tertiary/aromatic N) is 5. The molecule has 27 heavy (non-hydrogen) atoms. The number of aliphatic hydroxyl groups excluding tert-OH is 1. The zero-order chi connectivity index (χ0) is 18.8. The third kappa shape index (κ3) is 3.40. The normalized spacial score (nSPS) is 17.8. The van der Waals surface area contributed by atoms with Crippen LogP contribution < -0.4 is 5.56 Å². The summed E-state index contributed by atoms with van der Waals surface area (Å²) in [6, 6.07) is 9.59. The lowest BCUT2D eigenvalue weighted by Crippen LogP contribution is -2.34. The van der Waals surface area contributed by atoms with Gasteiger partial charge < -0.3 is 5.11 Å². The maximum Gasteiger partial charge on any atom is 0.261 e. The zero-order valence-corrected chi connectivity index (χ0v) is 15.6. The molecule has 1 fully saturated rings. The van der Waals surface area contributed by atoms with Gasteiger partial charge in [-0.1, -0.05) is 12.1 Å². The van der Waals surface area contributed by atoms with E-state index in [2.05, 4.69) is 10.00 Å². The summed E-state index contributed by atoms with van der Waals surface area (Å²) >= 11 is 0. The minimum Gasteiger partial charge on any atom is -0.395 e. The minimum absolute atomic E-state index is 0.0665. The van der Waals surface area contributed by atoms with Gasteiger partial charge in [-0.25, -0.2) is 4.98 Å². The SMILES string of the molecule is Cn1nccc1CCN1CCCC1c1nc2ccccc2c(=O)n1CCO. The number of aliphatic hydroxyl groups is 1. The molecule has 3 aromatic rings. The summed E-state index contributed by atoms with van der Waals surface area (Å²) < 4.78 is 3.57. The van der Waals surface area contributed by atoms with Gasteiger partial charge >= 0.3 is 0 Å². The predicted octanol–water partition coefficient (Wildman–Crippen LogP) is 1.50. The van der Waals surface area contributed by atoms with Crippen LogP contribution in [-0.4, -0.2) is 49.0 Å². The first-order chi connectivity index (χ1) is 13.2. The van der Waals surface area contributed by atoms with E-state index < -0.39 is 0 Å². The standard InChI is InChI=1S/C20H25N5O2/c1-23-15(8-10-21-23)9-12-24-11-4-7-18(24)19-22-17-6-3-2-5-16(17)20(27)25(19)13-14-26/h2-3,5-6,8,10,18,26H,4,7,9,11-14H2,1H3. The zero-order valence-electron chi connectivity index (χ0n) is 15.6. The Bertz CT molecular complexity index is 993. The van der Waals surface area contributed by atoms with Gasteiger partial charge in [-0.3, -0.25) is 18.9 Å². The van der Waals surface area contributed by atoms with Crippen molar-refractivity contribution < 1.29 is 5.11 Å². The first-order valence-electron chi connectivity index (χ1n) is 9.50. The quantitative estimate of drug-likeness (QED) is 0.715. The fourth-order valence-electron chi connectivity index (χ4n) is 4.05. The molecule has 4 rings (SSSR count). The Kier molecular flexibility index (Phi) is 5.05. The van der Waals surface area contributed by atoms with E-state index in [-0.39, 0.29) is 24.8 Å². The lowest BCUT2D eigenvalue weighted by molar-refractivity contribution is 0.231. The Labute approximate surface area is 157 Å². The molecule has 7 heteroatoms. The molecule has 0 spiro atoms. The van der Waals surface area contributed by atoms with Crippen LogP contribution in [0.25, 0.3) is 10.9 Å². The van der Waals surface area contributed by atoms with Crippen molar-refractivity contribution in [1.82, 2.24) is 24.2 Å². The number of hydrogen-bond acceptors (Lipinski definition) is 5. The highest BCUT2D eigenvalue weighted by Crippen LogP contribution is 2.31. The van der Waals surface area contributed by atoms with Crippen LogP contribution in [0.15, 0.2) is 41.3 Å². The van der Waals surface area contributed by atoms with Crippen LogP contribution in [0, 0.1) is 0 Å². The molecule has 0 saturated carbocycles. The minimum atomic E-state index is -0.0747. The number of likely N-dealkylation sites (tertiary alicyclic amines) is 1. The number of hydrogen-bond donors (Lipinski definition) is 1. The maximum absolute atomic E-state index is 13.0. The largest absolute Gasteiger partial charge is 0.395 e. The van der Waals surface area contributed by atoms with Crippen LogP contribution in [0.4, 0.5) is 0 Å². The average molecular weight is 367 g/mol. The van der Waals surface area contributed by atoms with Crippen LogP contribution in [0.1, 0.15) is 30.4 Å². The van der Waals surface area contributed by atoms with E-state index in [0.29, 0.717) is 5.39 Å². The topological polar surface area (TPSA) is 76.2 Å². The molecule has 1 aliphatic rings. The molecule has 1 aromatic carbocycles. The van der Waals surface area contributed by atoms with Crippen molar-refractivity contribution in [2.75, 3.05) is 19.7 Å². The third-order valence-corrected chi connectivity index (χ3v) is 5.45. The molecule has 1 saturated heterocycles. The van der Waals surface area contributed by atoms with Gasteiger partial charge in [0.2, 0.25) is 0 Å². The molecule has 0 amide bonds. The monoisotopic (exact) mass is 367 g/mol. The van der Waals surface area contributed by atoms with Gasteiger partial charge in [0.15, 0.2) is 0 Å². The average Bonchev–Trinajstić information content (AvgIpc) is 3.31. The van der Waals surface area contributed by atoms with Gasteiger partial charge in [0.25, 0.3) is 5.56 Å². The van der Waals surface area contributed by atoms with Crippen LogP contribution in [0.5, 0.6) is 0 Å². The van der Waals surface area contributed by atoms with Crippen molar-refractivity contribution in [2.45, 2.75) is 31.8 Å². The summed E-state index contributed by atoms with van der Waals surface area (Å²) in [5, 5.41) is 14.3. The molecule has 1 aliphatic heterocycles. The van der Waals surface area contributed by atoms with Gasteiger partial charge in [0.05, 0.1) is 30.1 Å². The Morgan fingerprint density at radius 1 is 1.22 bits per heavy atom. The van der Waals surface area contributed by atoms with Crippen molar-refractivity contribution in [3.05, 3.63) is 58.4 Å². The summed E-state index contributed by atoms with van der Waals surface area (Å²) in [5.41, 5.74) is 1.85. The first-order valence-corrected chi connectivity index (χ1v) is 9.50. The number of rotatable bonds is 6. The van der Waals surface area contributed by atoms with Crippen molar-refractivity contribution in [2.24, 2.45) is 7.05 Å².